The zero-order valence-electron chi connectivity index (χ0n) is 17.2. The average Bonchev–Trinajstić information content (AvgIpc) is 2.78. The van der Waals surface area contributed by atoms with Crippen LogP contribution in [-0.4, -0.2) is 18.4 Å². The van der Waals surface area contributed by atoms with Gasteiger partial charge in [-0.2, -0.15) is 5.26 Å². The molecule has 0 aliphatic heterocycles. The fraction of sp³-hybridized carbons (Fsp3) is 0.0417. The molecule has 6 nitrogen and oxygen atoms in total. The quantitative estimate of drug-likeness (QED) is 0.217. The number of para-hydroxylation sites is 1. The molecule has 3 rings (SSSR count). The minimum atomic E-state index is -0.622. The van der Waals surface area contributed by atoms with Crippen LogP contribution in [0.2, 0.25) is 10.0 Å². The summed E-state index contributed by atoms with van der Waals surface area (Å²) in [5.41, 5.74) is 1.14. The number of ether oxygens (including phenoxy) is 1. The van der Waals surface area contributed by atoms with E-state index in [1.807, 2.05) is 6.07 Å². The standard InChI is InChI=1S/C24H15Br2Cl2N3O3/c25-16-9-14(8-15(12-29)24(33)30-18-5-3-4-17(27)11-18)23(19(26)10-16)34-13-22(32)31-21-7-2-1-6-20(21)28/h1-11H,13H2,(H,30,33)(H,31,32)/b15-8-. The van der Waals surface area contributed by atoms with Crippen molar-refractivity contribution in [2.75, 3.05) is 17.2 Å². The molecule has 2 amide bonds. The largest absolute Gasteiger partial charge is 0.482 e. The molecule has 0 unspecified atom stereocenters. The number of nitrogens with one attached hydrogen (secondary N) is 2. The Bertz CT molecular complexity index is 1320. The first kappa shape index (κ1) is 25.8. The summed E-state index contributed by atoms with van der Waals surface area (Å²) < 4.78 is 6.92. The minimum Gasteiger partial charge on any atom is -0.482 e. The zero-order valence-corrected chi connectivity index (χ0v) is 21.9. The molecular formula is C24H15Br2Cl2N3O3. The summed E-state index contributed by atoms with van der Waals surface area (Å²) in [5, 5.41) is 15.7. The van der Waals surface area contributed by atoms with Gasteiger partial charge in [0, 0.05) is 20.7 Å². The highest BCUT2D eigenvalue weighted by Crippen LogP contribution is 2.34. The Hall–Kier alpha value is -2.83. The highest BCUT2D eigenvalue weighted by Gasteiger charge is 2.16. The van der Waals surface area contributed by atoms with Crippen molar-refractivity contribution in [2.45, 2.75) is 0 Å². The molecule has 0 spiro atoms. The normalized spacial score (nSPS) is 10.9. The topological polar surface area (TPSA) is 91.2 Å². The van der Waals surface area contributed by atoms with E-state index in [1.165, 1.54) is 6.08 Å². The van der Waals surface area contributed by atoms with Crippen molar-refractivity contribution in [1.29, 1.82) is 5.26 Å². The van der Waals surface area contributed by atoms with Gasteiger partial charge in [-0.15, -0.1) is 0 Å². The smallest absolute Gasteiger partial charge is 0.266 e. The first-order valence-electron chi connectivity index (χ1n) is 9.61. The van der Waals surface area contributed by atoms with Crippen LogP contribution in [0.1, 0.15) is 5.56 Å². The molecule has 0 aliphatic carbocycles. The van der Waals surface area contributed by atoms with E-state index in [9.17, 15) is 14.9 Å². The summed E-state index contributed by atoms with van der Waals surface area (Å²) in [6.45, 7) is -0.330. The molecule has 0 radical (unpaired) electrons. The fourth-order valence-corrected chi connectivity index (χ4v) is 4.54. The lowest BCUT2D eigenvalue weighted by molar-refractivity contribution is -0.118. The second-order valence-corrected chi connectivity index (χ2v) is 9.37. The second kappa shape index (κ2) is 12.0. The third-order valence-electron chi connectivity index (χ3n) is 4.28. The third kappa shape index (κ3) is 7.08. The van der Waals surface area contributed by atoms with E-state index in [2.05, 4.69) is 42.5 Å². The monoisotopic (exact) mass is 621 g/mol. The molecule has 0 aromatic heterocycles. The van der Waals surface area contributed by atoms with Gasteiger partial charge in [0.05, 0.1) is 15.2 Å². The molecule has 0 atom stereocenters. The van der Waals surface area contributed by atoms with E-state index < -0.39 is 11.8 Å². The number of carbonyl (C=O) groups is 2. The van der Waals surface area contributed by atoms with Gasteiger partial charge < -0.3 is 15.4 Å². The molecular weight excluding hydrogens is 609 g/mol. The van der Waals surface area contributed by atoms with Crippen LogP contribution in [0.5, 0.6) is 5.75 Å². The summed E-state index contributed by atoms with van der Waals surface area (Å²) in [7, 11) is 0. The van der Waals surface area contributed by atoms with Crippen molar-refractivity contribution in [3.8, 4) is 11.8 Å². The second-order valence-electron chi connectivity index (χ2n) is 6.76. The van der Waals surface area contributed by atoms with Crippen molar-refractivity contribution in [3.63, 3.8) is 0 Å². The molecule has 0 fully saturated rings. The Morgan fingerprint density at radius 1 is 1.03 bits per heavy atom. The highest BCUT2D eigenvalue weighted by molar-refractivity contribution is 9.11. The fourth-order valence-electron chi connectivity index (χ4n) is 2.80. The van der Waals surface area contributed by atoms with Crippen LogP contribution in [0.25, 0.3) is 6.08 Å². The molecule has 2 N–H and O–H groups in total. The van der Waals surface area contributed by atoms with Gasteiger partial charge in [-0.1, -0.05) is 57.3 Å². The molecule has 34 heavy (non-hydrogen) atoms. The number of anilines is 2. The van der Waals surface area contributed by atoms with E-state index in [-0.39, 0.29) is 17.9 Å². The maximum atomic E-state index is 12.7. The van der Waals surface area contributed by atoms with E-state index in [0.717, 1.165) is 0 Å². The minimum absolute atomic E-state index is 0.171. The van der Waals surface area contributed by atoms with Crippen LogP contribution in [0.3, 0.4) is 0 Å². The van der Waals surface area contributed by atoms with Crippen LogP contribution in [-0.2, 0) is 9.59 Å². The van der Waals surface area contributed by atoms with Crippen molar-refractivity contribution < 1.29 is 14.3 Å². The van der Waals surface area contributed by atoms with Gasteiger partial charge in [-0.05, 0) is 64.5 Å². The van der Waals surface area contributed by atoms with E-state index in [1.54, 1.807) is 60.7 Å². The van der Waals surface area contributed by atoms with Crippen LogP contribution in [0.4, 0.5) is 11.4 Å². The Kier molecular flexibility index (Phi) is 9.13. The van der Waals surface area contributed by atoms with Crippen molar-refractivity contribution >= 4 is 84.3 Å². The SMILES string of the molecule is N#C/C(=C/c1cc(Br)cc(Br)c1OCC(=O)Nc1ccccc1Cl)C(=O)Nc1cccc(Cl)c1. The molecule has 3 aromatic carbocycles. The first-order chi connectivity index (χ1) is 16.3. The lowest BCUT2D eigenvalue weighted by Crippen LogP contribution is -2.20. The molecule has 0 saturated carbocycles. The Balaban J connectivity index is 1.81. The van der Waals surface area contributed by atoms with Crippen molar-refractivity contribution in [2.24, 2.45) is 0 Å². The predicted molar refractivity (Wildman–Crippen MR) is 141 cm³/mol. The molecule has 10 heteroatoms. The molecule has 0 heterocycles. The van der Waals surface area contributed by atoms with Gasteiger partial charge >= 0.3 is 0 Å². The van der Waals surface area contributed by atoms with E-state index in [4.69, 9.17) is 27.9 Å². The van der Waals surface area contributed by atoms with E-state index in [0.29, 0.717) is 35.9 Å². The maximum absolute atomic E-state index is 12.7. The van der Waals surface area contributed by atoms with Gasteiger partial charge in [-0.25, -0.2) is 0 Å². The maximum Gasteiger partial charge on any atom is 0.266 e. The zero-order chi connectivity index (χ0) is 24.7. The average molecular weight is 624 g/mol. The lowest BCUT2D eigenvalue weighted by Gasteiger charge is -2.13. The number of amides is 2. The van der Waals surface area contributed by atoms with Crippen LogP contribution in [0.15, 0.2) is 75.2 Å². The highest BCUT2D eigenvalue weighted by atomic mass is 79.9. The van der Waals surface area contributed by atoms with Gasteiger partial charge in [-0.3, -0.25) is 9.59 Å². The van der Waals surface area contributed by atoms with Crippen LogP contribution >= 0.6 is 55.1 Å². The Morgan fingerprint density at radius 2 is 1.79 bits per heavy atom. The van der Waals surface area contributed by atoms with Gasteiger partial charge in [0.1, 0.15) is 17.4 Å². The van der Waals surface area contributed by atoms with Gasteiger partial charge in [0.2, 0.25) is 0 Å². The number of nitriles is 1. The summed E-state index contributed by atoms with van der Waals surface area (Å²) in [4.78, 5) is 25.0. The number of benzene rings is 3. The molecule has 0 saturated heterocycles. The molecule has 3 aromatic rings. The molecule has 0 aliphatic rings. The molecule has 0 bridgehead atoms. The summed E-state index contributed by atoms with van der Waals surface area (Å²) in [6, 6.07) is 18.7. The summed E-state index contributed by atoms with van der Waals surface area (Å²) in [6.07, 6.45) is 1.37. The first-order valence-corrected chi connectivity index (χ1v) is 12.0. The van der Waals surface area contributed by atoms with Crippen LogP contribution in [0, 0.1) is 11.3 Å². The number of hydrogen-bond acceptors (Lipinski definition) is 4. The number of halogens is 4. The number of hydrogen-bond donors (Lipinski definition) is 2. The number of nitrogens with zero attached hydrogens (tertiary/aromatic N) is 1. The Morgan fingerprint density at radius 3 is 2.50 bits per heavy atom. The number of carbonyl (C=O) groups excluding carboxylic acids is 2. The summed E-state index contributed by atoms with van der Waals surface area (Å²) >= 11 is 18.8. The molecule has 172 valence electrons. The van der Waals surface area contributed by atoms with E-state index >= 15 is 0 Å². The third-order valence-corrected chi connectivity index (χ3v) is 5.89. The summed E-state index contributed by atoms with van der Waals surface area (Å²) in [5.74, 6) is -0.777. The van der Waals surface area contributed by atoms with Crippen molar-refractivity contribution in [3.05, 3.63) is 90.8 Å². The number of rotatable bonds is 7. The van der Waals surface area contributed by atoms with Crippen LogP contribution < -0.4 is 15.4 Å². The predicted octanol–water partition coefficient (Wildman–Crippen LogP) is 7.08. The van der Waals surface area contributed by atoms with Crippen molar-refractivity contribution in [1.82, 2.24) is 0 Å². The van der Waals surface area contributed by atoms with Gasteiger partial charge in [0.25, 0.3) is 11.8 Å². The van der Waals surface area contributed by atoms with Gasteiger partial charge in [0.15, 0.2) is 6.61 Å². The Labute approximate surface area is 222 Å². The lowest BCUT2D eigenvalue weighted by atomic mass is 10.1.